The van der Waals surface area contributed by atoms with Gasteiger partial charge in [-0.15, -0.1) is 0 Å². The van der Waals surface area contributed by atoms with Crippen molar-refractivity contribution in [3.8, 4) is 17.5 Å². The van der Waals surface area contributed by atoms with Crippen molar-refractivity contribution in [1.29, 1.82) is 0 Å². The number of hydrogen-bond acceptors (Lipinski definition) is 6. The molecule has 0 saturated heterocycles. The van der Waals surface area contributed by atoms with E-state index in [9.17, 15) is 0 Å². The van der Waals surface area contributed by atoms with E-state index in [2.05, 4.69) is 15.3 Å². The molecule has 122 valence electrons. The van der Waals surface area contributed by atoms with Crippen molar-refractivity contribution in [2.45, 2.75) is 6.54 Å². The Balaban J connectivity index is 1.65. The van der Waals surface area contributed by atoms with Crippen LogP contribution in [0.25, 0.3) is 10.9 Å². The van der Waals surface area contributed by atoms with E-state index in [1.807, 2.05) is 30.3 Å². The summed E-state index contributed by atoms with van der Waals surface area (Å²) in [7, 11) is 1.54. The Morgan fingerprint density at radius 3 is 2.88 bits per heavy atom. The summed E-state index contributed by atoms with van der Waals surface area (Å²) in [6, 6.07) is 11.6. The van der Waals surface area contributed by atoms with Gasteiger partial charge in [-0.3, -0.25) is 0 Å². The normalized spacial score (nSPS) is 12.4. The first kappa shape index (κ1) is 14.8. The number of aromatic nitrogens is 2. The van der Waals surface area contributed by atoms with Crippen LogP contribution in [0.15, 0.2) is 36.4 Å². The van der Waals surface area contributed by atoms with Crippen LogP contribution in [0.4, 0.5) is 5.82 Å². The van der Waals surface area contributed by atoms with Gasteiger partial charge in [-0.05, 0) is 35.9 Å². The Bertz CT molecular complexity index is 917. The van der Waals surface area contributed by atoms with Gasteiger partial charge in [0.25, 0.3) is 0 Å². The van der Waals surface area contributed by atoms with Crippen molar-refractivity contribution in [3.05, 3.63) is 47.0 Å². The van der Waals surface area contributed by atoms with Crippen LogP contribution in [0.2, 0.25) is 5.02 Å². The quantitative estimate of drug-likeness (QED) is 0.780. The summed E-state index contributed by atoms with van der Waals surface area (Å²) >= 11 is 6.10. The van der Waals surface area contributed by atoms with Crippen LogP contribution in [0.3, 0.4) is 0 Å². The number of hydrogen-bond donors (Lipinski definition) is 1. The summed E-state index contributed by atoms with van der Waals surface area (Å²) in [4.78, 5) is 8.72. The molecule has 1 aliphatic heterocycles. The van der Waals surface area contributed by atoms with E-state index >= 15 is 0 Å². The molecule has 0 spiro atoms. The molecule has 3 aromatic rings. The lowest BCUT2D eigenvalue weighted by Gasteiger charge is -2.11. The minimum Gasteiger partial charge on any atom is -0.467 e. The van der Waals surface area contributed by atoms with E-state index in [1.165, 1.54) is 0 Å². The highest BCUT2D eigenvalue weighted by atomic mass is 35.5. The van der Waals surface area contributed by atoms with E-state index in [1.54, 1.807) is 13.2 Å². The van der Waals surface area contributed by atoms with Crippen molar-refractivity contribution in [2.75, 3.05) is 19.2 Å². The van der Waals surface area contributed by atoms with Gasteiger partial charge in [0.15, 0.2) is 11.5 Å². The lowest BCUT2D eigenvalue weighted by atomic mass is 10.2. The Labute approximate surface area is 143 Å². The molecule has 7 heteroatoms. The number of anilines is 1. The highest BCUT2D eigenvalue weighted by Gasteiger charge is 2.14. The highest BCUT2D eigenvalue weighted by molar-refractivity contribution is 6.31. The third kappa shape index (κ3) is 2.76. The van der Waals surface area contributed by atoms with Crippen molar-refractivity contribution in [1.82, 2.24) is 9.97 Å². The van der Waals surface area contributed by atoms with Crippen LogP contribution in [0.1, 0.15) is 5.56 Å². The Morgan fingerprint density at radius 2 is 2.00 bits per heavy atom. The van der Waals surface area contributed by atoms with Gasteiger partial charge in [-0.25, -0.2) is 0 Å². The van der Waals surface area contributed by atoms with Crippen LogP contribution in [-0.2, 0) is 6.54 Å². The number of rotatable bonds is 4. The van der Waals surface area contributed by atoms with Crippen molar-refractivity contribution in [3.63, 3.8) is 0 Å². The molecule has 2 heterocycles. The van der Waals surface area contributed by atoms with Crippen molar-refractivity contribution in [2.24, 2.45) is 0 Å². The number of ether oxygens (including phenoxy) is 3. The predicted molar refractivity (Wildman–Crippen MR) is 91.0 cm³/mol. The molecule has 0 radical (unpaired) electrons. The standard InChI is InChI=1S/C17H14ClN3O3/c1-22-17-20-13-4-3-11(18)7-12(13)16(21-17)19-8-10-2-5-14-15(6-10)24-9-23-14/h2-7H,8-9H2,1H3,(H,19,20,21). The number of nitrogens with one attached hydrogen (secondary N) is 1. The number of methoxy groups -OCH3 is 1. The first-order valence-corrected chi connectivity index (χ1v) is 7.74. The van der Waals surface area contributed by atoms with Gasteiger partial charge in [0.2, 0.25) is 6.79 Å². The average Bonchev–Trinajstić information content (AvgIpc) is 3.07. The predicted octanol–water partition coefficient (Wildman–Crippen LogP) is 3.63. The Hall–Kier alpha value is -2.73. The second kappa shape index (κ2) is 6.05. The van der Waals surface area contributed by atoms with Gasteiger partial charge in [0, 0.05) is 17.0 Å². The second-order valence-electron chi connectivity index (χ2n) is 5.26. The summed E-state index contributed by atoms with van der Waals surface area (Å²) in [5.74, 6) is 2.18. The molecule has 0 atom stereocenters. The van der Waals surface area contributed by atoms with Gasteiger partial charge in [0.05, 0.1) is 12.6 Å². The largest absolute Gasteiger partial charge is 0.467 e. The first-order chi connectivity index (χ1) is 11.7. The molecule has 0 unspecified atom stereocenters. The fourth-order valence-corrected chi connectivity index (χ4v) is 2.71. The van der Waals surface area contributed by atoms with Gasteiger partial charge in [-0.2, -0.15) is 9.97 Å². The molecule has 0 aliphatic carbocycles. The smallest absolute Gasteiger partial charge is 0.318 e. The molecule has 1 N–H and O–H groups in total. The summed E-state index contributed by atoms with van der Waals surface area (Å²) in [5.41, 5.74) is 1.81. The molecule has 2 aromatic carbocycles. The lowest BCUT2D eigenvalue weighted by molar-refractivity contribution is 0.174. The minimum absolute atomic E-state index is 0.262. The van der Waals surface area contributed by atoms with Gasteiger partial charge >= 0.3 is 6.01 Å². The molecule has 1 aliphatic rings. The molecule has 1 aromatic heterocycles. The molecule has 4 rings (SSSR count). The number of nitrogens with zero attached hydrogens (tertiary/aromatic N) is 2. The van der Waals surface area contributed by atoms with Crippen LogP contribution in [-0.4, -0.2) is 23.9 Å². The molecular formula is C17H14ClN3O3. The average molecular weight is 344 g/mol. The second-order valence-corrected chi connectivity index (χ2v) is 5.70. The summed E-state index contributed by atoms with van der Waals surface area (Å²) < 4.78 is 15.9. The maximum absolute atomic E-state index is 6.10. The Morgan fingerprint density at radius 1 is 1.12 bits per heavy atom. The lowest BCUT2D eigenvalue weighted by Crippen LogP contribution is -2.04. The number of fused-ring (bicyclic) bond motifs is 2. The van der Waals surface area contributed by atoms with Crippen LogP contribution < -0.4 is 19.5 Å². The fraction of sp³-hybridized carbons (Fsp3) is 0.176. The molecule has 24 heavy (non-hydrogen) atoms. The van der Waals surface area contributed by atoms with E-state index in [-0.39, 0.29) is 6.79 Å². The molecule has 0 amide bonds. The third-order valence-electron chi connectivity index (χ3n) is 3.72. The van der Waals surface area contributed by atoms with Crippen molar-refractivity contribution >= 4 is 28.3 Å². The summed E-state index contributed by atoms with van der Waals surface area (Å²) in [5, 5.41) is 4.78. The van der Waals surface area contributed by atoms with Crippen LogP contribution in [0.5, 0.6) is 17.5 Å². The zero-order valence-corrected chi connectivity index (χ0v) is 13.6. The highest BCUT2D eigenvalue weighted by Crippen LogP contribution is 2.33. The number of halogens is 1. The van der Waals surface area contributed by atoms with E-state index in [4.69, 9.17) is 25.8 Å². The van der Waals surface area contributed by atoms with E-state index in [0.717, 1.165) is 28.0 Å². The number of benzene rings is 2. The molecule has 0 saturated carbocycles. The molecule has 0 fully saturated rings. The van der Waals surface area contributed by atoms with Gasteiger partial charge in [0.1, 0.15) is 5.82 Å². The third-order valence-corrected chi connectivity index (χ3v) is 3.95. The van der Waals surface area contributed by atoms with Gasteiger partial charge in [-0.1, -0.05) is 17.7 Å². The molecular weight excluding hydrogens is 330 g/mol. The van der Waals surface area contributed by atoms with E-state index in [0.29, 0.717) is 23.4 Å². The zero-order chi connectivity index (χ0) is 16.5. The fourth-order valence-electron chi connectivity index (χ4n) is 2.54. The van der Waals surface area contributed by atoms with Crippen LogP contribution in [0, 0.1) is 0 Å². The maximum atomic E-state index is 6.10. The molecule has 0 bridgehead atoms. The topological polar surface area (TPSA) is 65.5 Å². The minimum atomic E-state index is 0.262. The SMILES string of the molecule is COc1nc(NCc2ccc3c(c2)OCO3)c2cc(Cl)ccc2n1. The summed E-state index contributed by atoms with van der Waals surface area (Å²) in [6.45, 7) is 0.830. The van der Waals surface area contributed by atoms with Crippen molar-refractivity contribution < 1.29 is 14.2 Å². The zero-order valence-electron chi connectivity index (χ0n) is 12.9. The van der Waals surface area contributed by atoms with Gasteiger partial charge < -0.3 is 19.5 Å². The first-order valence-electron chi connectivity index (χ1n) is 7.36. The Kier molecular flexibility index (Phi) is 3.74. The van der Waals surface area contributed by atoms with Crippen LogP contribution >= 0.6 is 11.6 Å². The van der Waals surface area contributed by atoms with E-state index < -0.39 is 0 Å². The monoisotopic (exact) mass is 343 g/mol. The maximum Gasteiger partial charge on any atom is 0.318 e. The summed E-state index contributed by atoms with van der Waals surface area (Å²) in [6.07, 6.45) is 0. The molecule has 6 nitrogen and oxygen atoms in total.